The molecular weight excluding hydrogens is 236 g/mol. The van der Waals surface area contributed by atoms with Crippen molar-refractivity contribution in [3.63, 3.8) is 0 Å². The number of esters is 1. The van der Waals surface area contributed by atoms with E-state index >= 15 is 0 Å². The van der Waals surface area contributed by atoms with Crippen LogP contribution in [0.1, 0.15) is 41.5 Å². The zero-order valence-corrected chi connectivity index (χ0v) is 11.9. The number of ether oxygens (including phenoxy) is 1. The fourth-order valence-electron chi connectivity index (χ4n) is 2.63. The molecule has 0 saturated heterocycles. The van der Waals surface area contributed by atoms with Crippen molar-refractivity contribution in [2.75, 3.05) is 0 Å². The van der Waals surface area contributed by atoms with Gasteiger partial charge in [-0.25, -0.2) is 4.89 Å². The van der Waals surface area contributed by atoms with Crippen LogP contribution in [0.4, 0.5) is 0 Å². The molecule has 0 aliphatic heterocycles. The van der Waals surface area contributed by atoms with Gasteiger partial charge in [-0.05, 0) is 33.1 Å². The van der Waals surface area contributed by atoms with Gasteiger partial charge in [0, 0.05) is 5.92 Å². The van der Waals surface area contributed by atoms with Crippen molar-refractivity contribution in [2.45, 2.75) is 59.4 Å². The second-order valence-corrected chi connectivity index (χ2v) is 6.49. The molecule has 5 heteroatoms. The Balaban J connectivity index is 2.83. The molecule has 1 aliphatic rings. The predicted octanol–water partition coefficient (Wildman–Crippen LogP) is 1.84. The molecule has 1 fully saturated rings. The molecule has 0 bridgehead atoms. The van der Waals surface area contributed by atoms with E-state index in [0.717, 1.165) is 0 Å². The summed E-state index contributed by atoms with van der Waals surface area (Å²) in [7, 11) is 0. The lowest BCUT2D eigenvalue weighted by atomic mass is 9.93. The lowest BCUT2D eigenvalue weighted by molar-refractivity contribution is -0.317. The van der Waals surface area contributed by atoms with Gasteiger partial charge in [-0.1, -0.05) is 13.8 Å². The molecule has 0 spiro atoms. The fourth-order valence-corrected chi connectivity index (χ4v) is 2.63. The van der Waals surface area contributed by atoms with Crippen LogP contribution >= 0.6 is 0 Å². The fraction of sp³-hybridized carbons (Fsp3) is 0.923. The van der Waals surface area contributed by atoms with Crippen molar-refractivity contribution in [3.8, 4) is 0 Å². The van der Waals surface area contributed by atoms with Gasteiger partial charge in [0.1, 0.15) is 6.10 Å². The molecule has 3 unspecified atom stereocenters. The lowest BCUT2D eigenvalue weighted by Gasteiger charge is -2.27. The van der Waals surface area contributed by atoms with Gasteiger partial charge in [0.25, 0.3) is 0 Å². The van der Waals surface area contributed by atoms with Gasteiger partial charge in [0.05, 0.1) is 17.6 Å². The molecule has 1 aliphatic carbocycles. The topological polar surface area (TPSA) is 76.0 Å². The first-order valence-corrected chi connectivity index (χ1v) is 6.26. The summed E-state index contributed by atoms with van der Waals surface area (Å²) in [6.45, 7) is 10.5. The molecule has 106 valence electrons. The Hall–Kier alpha value is -0.650. The summed E-state index contributed by atoms with van der Waals surface area (Å²) in [4.78, 5) is 16.3. The molecule has 0 aromatic carbocycles. The summed E-state index contributed by atoms with van der Waals surface area (Å²) in [5.74, 6) is -0.913. The molecule has 0 amide bonds. The summed E-state index contributed by atoms with van der Waals surface area (Å²) in [6.07, 6.45) is -0.984. The third-order valence-corrected chi connectivity index (χ3v) is 3.65. The first kappa shape index (κ1) is 15.4. The molecule has 18 heavy (non-hydrogen) atoms. The Bertz CT molecular complexity index is 316. The van der Waals surface area contributed by atoms with Crippen molar-refractivity contribution in [2.24, 2.45) is 17.3 Å². The van der Waals surface area contributed by atoms with Crippen LogP contribution in [0.2, 0.25) is 0 Å². The number of hydrogen-bond acceptors (Lipinski definition) is 5. The first-order valence-electron chi connectivity index (χ1n) is 6.26. The van der Waals surface area contributed by atoms with Gasteiger partial charge in [-0.3, -0.25) is 10.1 Å². The average Bonchev–Trinajstić information content (AvgIpc) is 2.66. The van der Waals surface area contributed by atoms with Gasteiger partial charge in [-0.2, -0.15) is 0 Å². The van der Waals surface area contributed by atoms with Crippen LogP contribution < -0.4 is 0 Å². The molecule has 5 nitrogen and oxygen atoms in total. The molecule has 1 saturated carbocycles. The summed E-state index contributed by atoms with van der Waals surface area (Å²) >= 11 is 0. The average molecular weight is 260 g/mol. The van der Waals surface area contributed by atoms with Crippen LogP contribution in [-0.4, -0.2) is 34.1 Å². The Morgan fingerprint density at radius 2 is 1.83 bits per heavy atom. The predicted molar refractivity (Wildman–Crippen MR) is 65.8 cm³/mol. The number of carbonyl (C=O) groups is 1. The minimum atomic E-state index is -1.22. The SMILES string of the molecule is CC(C)OC(=O)C1C(C(OO)C(C)(C)O)C1(C)C. The largest absolute Gasteiger partial charge is 0.463 e. The minimum Gasteiger partial charge on any atom is -0.463 e. The monoisotopic (exact) mass is 260 g/mol. The van der Waals surface area contributed by atoms with Gasteiger partial charge >= 0.3 is 5.97 Å². The summed E-state index contributed by atoms with van der Waals surface area (Å²) in [5, 5.41) is 18.9. The van der Waals surface area contributed by atoms with E-state index in [1.54, 1.807) is 27.7 Å². The third kappa shape index (κ3) is 2.84. The van der Waals surface area contributed by atoms with Crippen molar-refractivity contribution in [3.05, 3.63) is 0 Å². The lowest BCUT2D eigenvalue weighted by Crippen LogP contribution is -2.41. The van der Waals surface area contributed by atoms with E-state index in [1.165, 1.54) is 0 Å². The molecule has 3 atom stereocenters. The Morgan fingerprint density at radius 3 is 2.17 bits per heavy atom. The van der Waals surface area contributed by atoms with Crippen molar-refractivity contribution in [1.29, 1.82) is 0 Å². The van der Waals surface area contributed by atoms with Crippen LogP contribution in [0.25, 0.3) is 0 Å². The van der Waals surface area contributed by atoms with E-state index in [-0.39, 0.29) is 29.3 Å². The number of carbonyl (C=O) groups excluding carboxylic acids is 1. The highest BCUT2D eigenvalue weighted by Crippen LogP contribution is 2.62. The highest BCUT2D eigenvalue weighted by molar-refractivity contribution is 5.78. The molecule has 1 rings (SSSR count). The van der Waals surface area contributed by atoms with Crippen molar-refractivity contribution in [1.82, 2.24) is 0 Å². The highest BCUT2D eigenvalue weighted by Gasteiger charge is 2.68. The van der Waals surface area contributed by atoms with Gasteiger partial charge in [-0.15, -0.1) is 0 Å². The van der Waals surface area contributed by atoms with Crippen LogP contribution in [-0.2, 0) is 14.4 Å². The standard InChI is InChI=1S/C13H24O5/c1-7(2)17-11(14)9-8(12(9,3)4)10(18-16)13(5,6)15/h7-10,15-16H,1-6H3. The number of aliphatic hydroxyl groups is 1. The van der Waals surface area contributed by atoms with E-state index < -0.39 is 11.7 Å². The maximum atomic E-state index is 11.9. The van der Waals surface area contributed by atoms with Crippen LogP contribution in [0, 0.1) is 17.3 Å². The van der Waals surface area contributed by atoms with Gasteiger partial charge < -0.3 is 9.84 Å². The second-order valence-electron chi connectivity index (χ2n) is 6.49. The molecule has 0 heterocycles. The van der Waals surface area contributed by atoms with Crippen LogP contribution in [0.15, 0.2) is 0 Å². The van der Waals surface area contributed by atoms with Crippen molar-refractivity contribution >= 4 is 5.97 Å². The van der Waals surface area contributed by atoms with E-state index in [0.29, 0.717) is 0 Å². The Morgan fingerprint density at radius 1 is 1.33 bits per heavy atom. The summed E-state index contributed by atoms with van der Waals surface area (Å²) in [6, 6.07) is 0. The van der Waals surface area contributed by atoms with Crippen LogP contribution in [0.3, 0.4) is 0 Å². The van der Waals surface area contributed by atoms with E-state index in [2.05, 4.69) is 4.89 Å². The van der Waals surface area contributed by atoms with Gasteiger partial charge in [0.2, 0.25) is 0 Å². The smallest absolute Gasteiger partial charge is 0.310 e. The van der Waals surface area contributed by atoms with E-state index in [9.17, 15) is 9.90 Å². The zero-order valence-electron chi connectivity index (χ0n) is 11.9. The second kappa shape index (κ2) is 4.79. The number of hydrogen-bond donors (Lipinski definition) is 2. The Kier molecular flexibility index (Phi) is 4.10. The minimum absolute atomic E-state index is 0.176. The Labute approximate surface area is 108 Å². The van der Waals surface area contributed by atoms with E-state index in [1.807, 2.05) is 13.8 Å². The third-order valence-electron chi connectivity index (χ3n) is 3.65. The first-order chi connectivity index (χ1) is 8.03. The van der Waals surface area contributed by atoms with E-state index in [4.69, 9.17) is 9.99 Å². The molecular formula is C13H24O5. The normalized spacial score (nSPS) is 28.1. The molecule has 0 aromatic rings. The highest BCUT2D eigenvalue weighted by atomic mass is 17.1. The zero-order chi connectivity index (χ0) is 14.3. The molecule has 0 radical (unpaired) electrons. The van der Waals surface area contributed by atoms with Crippen molar-refractivity contribution < 1.29 is 24.8 Å². The number of rotatable bonds is 5. The quantitative estimate of drug-likeness (QED) is 0.448. The maximum Gasteiger partial charge on any atom is 0.310 e. The summed E-state index contributed by atoms with van der Waals surface area (Å²) in [5.41, 5.74) is -1.57. The van der Waals surface area contributed by atoms with Crippen LogP contribution in [0.5, 0.6) is 0 Å². The summed E-state index contributed by atoms with van der Waals surface area (Å²) < 4.78 is 5.19. The maximum absolute atomic E-state index is 11.9. The van der Waals surface area contributed by atoms with Gasteiger partial charge in [0.15, 0.2) is 0 Å². The molecule has 2 N–H and O–H groups in total. The molecule has 0 aromatic heterocycles.